The third-order valence-corrected chi connectivity index (χ3v) is 4.57. The molecule has 14 heteroatoms. The van der Waals surface area contributed by atoms with Crippen LogP contribution in [0.2, 0.25) is 0 Å². The van der Waals surface area contributed by atoms with Crippen LogP contribution in [0.1, 0.15) is 15.9 Å². The van der Waals surface area contributed by atoms with Crippen molar-refractivity contribution in [3.05, 3.63) is 59.7 Å². The number of carbonyl (C=O) groups is 2. The number of carboxylic acids is 1. The van der Waals surface area contributed by atoms with E-state index in [9.17, 15) is 26.4 Å². The summed E-state index contributed by atoms with van der Waals surface area (Å²) >= 11 is 0. The maximum Gasteiger partial charge on any atom is 0.343 e. The summed E-state index contributed by atoms with van der Waals surface area (Å²) in [6, 6.07) is 10.9. The summed E-state index contributed by atoms with van der Waals surface area (Å²) in [6.45, 7) is -0.778. The molecule has 2 aromatic carbocycles. The number of nitrogens with one attached hydrogen (secondary N) is 2. The van der Waals surface area contributed by atoms with E-state index in [0.29, 0.717) is 11.8 Å². The molecular formula is C17H19N3O9S2. The molecule has 0 aliphatic rings. The van der Waals surface area contributed by atoms with Crippen molar-refractivity contribution in [1.29, 1.82) is 5.41 Å². The largest absolute Gasteiger partial charge is 0.480 e. The Morgan fingerprint density at radius 3 is 2.10 bits per heavy atom. The molecule has 0 saturated carbocycles. The van der Waals surface area contributed by atoms with E-state index < -0.39 is 38.6 Å². The van der Waals surface area contributed by atoms with Gasteiger partial charge in [-0.2, -0.15) is 13.1 Å². The molecule has 0 heterocycles. The number of sulfonamides is 1. The molecule has 0 aliphatic carbocycles. The minimum absolute atomic E-state index is 0.0288. The zero-order chi connectivity index (χ0) is 23.8. The second-order valence-electron chi connectivity index (χ2n) is 5.81. The quantitative estimate of drug-likeness (QED) is 0.120. The van der Waals surface area contributed by atoms with Gasteiger partial charge in [-0.1, -0.05) is 6.07 Å². The molecule has 0 saturated heterocycles. The van der Waals surface area contributed by atoms with Gasteiger partial charge in [-0.3, -0.25) is 14.8 Å². The topological polar surface area (TPSA) is 214 Å². The number of ether oxygens (including phenoxy) is 1. The van der Waals surface area contributed by atoms with Crippen molar-refractivity contribution in [2.75, 3.05) is 12.8 Å². The molecule has 0 aromatic heterocycles. The van der Waals surface area contributed by atoms with E-state index in [1.54, 1.807) is 0 Å². The first-order valence-electron chi connectivity index (χ1n) is 8.09. The van der Waals surface area contributed by atoms with Gasteiger partial charge in [-0.15, -0.1) is 0 Å². The highest BCUT2D eigenvalue weighted by atomic mass is 32.2. The Kier molecular flexibility index (Phi) is 8.81. The van der Waals surface area contributed by atoms with E-state index in [1.165, 1.54) is 42.5 Å². The van der Waals surface area contributed by atoms with Crippen molar-refractivity contribution < 1.29 is 40.8 Å². The van der Waals surface area contributed by atoms with Crippen molar-refractivity contribution in [3.8, 4) is 5.75 Å². The Morgan fingerprint density at radius 1 is 1.06 bits per heavy atom. The Labute approximate surface area is 178 Å². The van der Waals surface area contributed by atoms with E-state index in [1.807, 2.05) is 4.72 Å². The molecule has 6 N–H and O–H groups in total. The number of hydrogen-bond donors (Lipinski definition) is 5. The number of carbonyl (C=O) groups excluding carboxylic acids is 1. The van der Waals surface area contributed by atoms with Crippen molar-refractivity contribution in [1.82, 2.24) is 4.72 Å². The summed E-state index contributed by atoms with van der Waals surface area (Å²) in [5, 5.41) is 15.9. The minimum Gasteiger partial charge on any atom is -0.480 e. The third-order valence-electron chi connectivity index (χ3n) is 3.17. The minimum atomic E-state index is -4.08. The Hall–Kier alpha value is -3.33. The molecule has 168 valence electrons. The Morgan fingerprint density at radius 2 is 1.61 bits per heavy atom. The standard InChI is InChI=1S/C16H15N3O6S.CH4O3S/c17-15(18)10-4-6-12(7-5-10)25-16(22)11-2-1-3-13(8-11)26(23,24)19-9-14(20)21;1-5(2,3)4/h1-8,19H,9H2,(H3,17,18)(H,20,21);1H3,(H,2,3,4). The van der Waals surface area contributed by atoms with E-state index in [4.69, 9.17) is 25.5 Å². The maximum atomic E-state index is 12.2. The average molecular weight is 473 g/mol. The van der Waals surface area contributed by atoms with Crippen LogP contribution >= 0.6 is 0 Å². The molecule has 2 aromatic rings. The molecule has 12 nitrogen and oxygen atoms in total. The van der Waals surface area contributed by atoms with Gasteiger partial charge in [0.2, 0.25) is 10.0 Å². The predicted octanol–water partition coefficient (Wildman–Crippen LogP) is 0.0568. The summed E-state index contributed by atoms with van der Waals surface area (Å²) in [6.07, 6.45) is 0.715. The lowest BCUT2D eigenvalue weighted by molar-refractivity contribution is -0.135. The highest BCUT2D eigenvalue weighted by Crippen LogP contribution is 2.16. The summed E-state index contributed by atoms with van der Waals surface area (Å²) in [5.41, 5.74) is 5.76. The number of rotatable bonds is 7. The first kappa shape index (κ1) is 25.7. The fraction of sp³-hybridized carbons (Fsp3) is 0.118. The van der Waals surface area contributed by atoms with Crippen molar-refractivity contribution in [2.24, 2.45) is 5.73 Å². The van der Waals surface area contributed by atoms with Gasteiger partial charge in [0.25, 0.3) is 10.1 Å². The zero-order valence-electron chi connectivity index (χ0n) is 16.0. The van der Waals surface area contributed by atoms with Crippen LogP contribution in [0.4, 0.5) is 0 Å². The van der Waals surface area contributed by atoms with Crippen LogP contribution in [0.5, 0.6) is 5.75 Å². The second kappa shape index (κ2) is 10.6. The number of benzene rings is 2. The average Bonchev–Trinajstić information content (AvgIpc) is 2.65. The first-order valence-corrected chi connectivity index (χ1v) is 11.4. The summed E-state index contributed by atoms with van der Waals surface area (Å²) in [7, 11) is -7.74. The molecule has 0 atom stereocenters. The van der Waals surface area contributed by atoms with Gasteiger partial charge in [0.15, 0.2) is 0 Å². The van der Waals surface area contributed by atoms with E-state index >= 15 is 0 Å². The van der Waals surface area contributed by atoms with Gasteiger partial charge in [0, 0.05) is 5.56 Å². The molecule has 0 unspecified atom stereocenters. The number of carboxylic acid groups (broad SMARTS) is 1. The molecule has 2 rings (SSSR count). The summed E-state index contributed by atoms with van der Waals surface area (Å²) in [4.78, 5) is 22.4. The summed E-state index contributed by atoms with van der Waals surface area (Å²) in [5.74, 6) is -2.07. The molecule has 31 heavy (non-hydrogen) atoms. The van der Waals surface area contributed by atoms with Crippen molar-refractivity contribution in [3.63, 3.8) is 0 Å². The monoisotopic (exact) mass is 473 g/mol. The number of hydrogen-bond acceptors (Lipinski definition) is 8. The summed E-state index contributed by atoms with van der Waals surface area (Å²) < 4.78 is 56.9. The molecule has 0 aliphatic heterocycles. The number of nitrogen functional groups attached to an aromatic ring is 1. The molecule has 0 fully saturated rings. The van der Waals surface area contributed by atoms with E-state index in [-0.39, 0.29) is 22.0 Å². The number of nitrogens with two attached hydrogens (primary N) is 1. The van der Waals surface area contributed by atoms with Crippen LogP contribution in [0.3, 0.4) is 0 Å². The number of esters is 1. The zero-order valence-corrected chi connectivity index (χ0v) is 17.6. The predicted molar refractivity (Wildman–Crippen MR) is 109 cm³/mol. The lowest BCUT2D eigenvalue weighted by atomic mass is 10.2. The van der Waals surface area contributed by atoms with Crippen LogP contribution in [0.25, 0.3) is 0 Å². The lowest BCUT2D eigenvalue weighted by Crippen LogP contribution is -2.29. The van der Waals surface area contributed by atoms with Crippen LogP contribution in [0.15, 0.2) is 53.4 Å². The van der Waals surface area contributed by atoms with Gasteiger partial charge < -0.3 is 15.6 Å². The normalized spacial score (nSPS) is 11.0. The smallest absolute Gasteiger partial charge is 0.343 e. The Balaban J connectivity index is 0.000000861. The molecule has 0 bridgehead atoms. The van der Waals surface area contributed by atoms with Gasteiger partial charge in [-0.25, -0.2) is 13.2 Å². The number of aliphatic carboxylic acids is 1. The maximum absolute atomic E-state index is 12.2. The van der Waals surface area contributed by atoms with Crippen LogP contribution in [-0.2, 0) is 24.9 Å². The molecule has 0 spiro atoms. The second-order valence-corrected chi connectivity index (χ2v) is 9.04. The fourth-order valence-electron chi connectivity index (χ4n) is 1.90. The van der Waals surface area contributed by atoms with Crippen molar-refractivity contribution in [2.45, 2.75) is 4.90 Å². The van der Waals surface area contributed by atoms with Crippen LogP contribution < -0.4 is 15.2 Å². The van der Waals surface area contributed by atoms with E-state index in [0.717, 1.165) is 6.07 Å². The molecule has 0 radical (unpaired) electrons. The van der Waals surface area contributed by atoms with Gasteiger partial charge >= 0.3 is 11.9 Å². The van der Waals surface area contributed by atoms with Crippen molar-refractivity contribution >= 4 is 37.9 Å². The van der Waals surface area contributed by atoms with Gasteiger partial charge in [0.05, 0.1) is 16.7 Å². The lowest BCUT2D eigenvalue weighted by Gasteiger charge is -2.08. The molecular weight excluding hydrogens is 454 g/mol. The third kappa shape index (κ3) is 9.81. The van der Waals surface area contributed by atoms with Crippen LogP contribution in [0, 0.1) is 5.41 Å². The van der Waals surface area contributed by atoms with Crippen LogP contribution in [-0.4, -0.2) is 57.1 Å². The highest BCUT2D eigenvalue weighted by molar-refractivity contribution is 7.89. The Bertz CT molecular complexity index is 1170. The highest BCUT2D eigenvalue weighted by Gasteiger charge is 2.18. The van der Waals surface area contributed by atoms with Gasteiger partial charge in [0.1, 0.15) is 18.1 Å². The SMILES string of the molecule is CS(=O)(=O)O.N=C(N)c1ccc(OC(=O)c2cccc(S(=O)(=O)NCC(=O)O)c2)cc1. The first-order chi connectivity index (χ1) is 14.2. The van der Waals surface area contributed by atoms with E-state index in [2.05, 4.69) is 0 Å². The molecule has 0 amide bonds. The fourth-order valence-corrected chi connectivity index (χ4v) is 2.92. The van der Waals surface area contributed by atoms with Gasteiger partial charge in [-0.05, 0) is 42.5 Å². The number of amidine groups is 1.